The third-order valence-electron chi connectivity index (χ3n) is 5.39. The van der Waals surface area contributed by atoms with Crippen LogP contribution < -0.4 is 5.73 Å². The van der Waals surface area contributed by atoms with Gasteiger partial charge in [0.1, 0.15) is 0 Å². The van der Waals surface area contributed by atoms with E-state index in [1.165, 1.54) is 52.0 Å². The zero-order valence-electron chi connectivity index (χ0n) is 13.5. The first-order valence-electron chi connectivity index (χ1n) is 8.52. The maximum atomic E-state index is 10.7. The summed E-state index contributed by atoms with van der Waals surface area (Å²) in [6.45, 7) is 4.00. The molecule has 0 heterocycles. The normalized spacial score (nSPS) is 34.4. The van der Waals surface area contributed by atoms with E-state index >= 15 is 0 Å². The molecule has 118 valence electrons. The molecule has 3 nitrogen and oxygen atoms in total. The fourth-order valence-corrected chi connectivity index (χ4v) is 4.34. The molecule has 0 spiro atoms. The van der Waals surface area contributed by atoms with Crippen molar-refractivity contribution in [2.75, 3.05) is 7.05 Å². The average molecular weight is 283 g/mol. The first-order chi connectivity index (χ1) is 9.72. The molecule has 0 aliphatic heterocycles. The average Bonchev–Trinajstić information content (AvgIpc) is 2.73. The van der Waals surface area contributed by atoms with Crippen LogP contribution in [-0.4, -0.2) is 18.1 Å². The van der Waals surface area contributed by atoms with Crippen molar-refractivity contribution < 1.29 is 9.90 Å². The highest BCUT2D eigenvalue weighted by atomic mass is 16.4. The third-order valence-corrected chi connectivity index (χ3v) is 5.39. The van der Waals surface area contributed by atoms with Gasteiger partial charge < -0.3 is 10.8 Å². The third kappa shape index (κ3) is 4.21. The minimum Gasteiger partial charge on any atom is -0.481 e. The molecule has 0 aromatic carbocycles. The van der Waals surface area contributed by atoms with Gasteiger partial charge >= 0.3 is 5.97 Å². The van der Waals surface area contributed by atoms with Crippen LogP contribution in [0.4, 0.5) is 0 Å². The van der Waals surface area contributed by atoms with E-state index in [4.69, 9.17) is 5.11 Å². The van der Waals surface area contributed by atoms with Crippen LogP contribution in [0.2, 0.25) is 0 Å². The lowest BCUT2D eigenvalue weighted by molar-refractivity contribution is -0.140. The first-order valence-corrected chi connectivity index (χ1v) is 8.52. The van der Waals surface area contributed by atoms with Crippen molar-refractivity contribution in [1.82, 2.24) is 0 Å². The maximum absolute atomic E-state index is 10.7. The highest BCUT2D eigenvalue weighted by Crippen LogP contribution is 2.56. The second-order valence-corrected chi connectivity index (χ2v) is 6.39. The topological polar surface area (TPSA) is 63.3 Å². The van der Waals surface area contributed by atoms with Gasteiger partial charge in [0.2, 0.25) is 0 Å². The van der Waals surface area contributed by atoms with E-state index in [1.54, 1.807) is 0 Å². The lowest BCUT2D eigenvalue weighted by atomic mass is 9.65. The van der Waals surface area contributed by atoms with Crippen LogP contribution in [0, 0.1) is 29.6 Å². The fourth-order valence-electron chi connectivity index (χ4n) is 4.34. The number of carboxylic acid groups (broad SMARTS) is 1. The molecule has 1 unspecified atom stereocenters. The predicted octanol–water partition coefficient (Wildman–Crippen LogP) is 3.91. The van der Waals surface area contributed by atoms with Gasteiger partial charge in [0.05, 0.1) is 0 Å². The summed E-state index contributed by atoms with van der Waals surface area (Å²) < 4.78 is 0. The smallest absolute Gasteiger partial charge is 0.303 e. The SMILES string of the molecule is CC.CN.O=C(O)C[C@H]1C[C@H]2C[C@@H](CC3CCC3)CC21. The van der Waals surface area contributed by atoms with Crippen molar-refractivity contribution in [2.24, 2.45) is 35.3 Å². The summed E-state index contributed by atoms with van der Waals surface area (Å²) in [6, 6.07) is 0. The number of nitrogens with two attached hydrogens (primary N) is 1. The Labute approximate surface area is 124 Å². The van der Waals surface area contributed by atoms with E-state index < -0.39 is 5.97 Å². The van der Waals surface area contributed by atoms with Gasteiger partial charge in [-0.25, -0.2) is 0 Å². The molecule has 0 bridgehead atoms. The van der Waals surface area contributed by atoms with Gasteiger partial charge in [-0.2, -0.15) is 0 Å². The van der Waals surface area contributed by atoms with Crippen molar-refractivity contribution in [3.63, 3.8) is 0 Å². The second-order valence-electron chi connectivity index (χ2n) is 6.39. The Bertz CT molecular complexity index is 289. The van der Waals surface area contributed by atoms with E-state index in [9.17, 15) is 4.79 Å². The fraction of sp³-hybridized carbons (Fsp3) is 0.941. The molecule has 3 N–H and O–H groups in total. The Balaban J connectivity index is 0.000000461. The molecule has 3 aliphatic carbocycles. The Morgan fingerprint density at radius 2 is 1.75 bits per heavy atom. The van der Waals surface area contributed by atoms with Crippen molar-refractivity contribution >= 4 is 5.97 Å². The molecular weight excluding hydrogens is 250 g/mol. The molecule has 4 atom stereocenters. The van der Waals surface area contributed by atoms with Gasteiger partial charge in [-0.3, -0.25) is 4.79 Å². The minimum absolute atomic E-state index is 0.428. The lowest BCUT2D eigenvalue weighted by Crippen LogP contribution is -2.33. The van der Waals surface area contributed by atoms with E-state index in [0.29, 0.717) is 12.3 Å². The predicted molar refractivity (Wildman–Crippen MR) is 83.5 cm³/mol. The van der Waals surface area contributed by atoms with Gasteiger partial charge in [0, 0.05) is 6.42 Å². The van der Waals surface area contributed by atoms with Gasteiger partial charge in [-0.05, 0) is 62.3 Å². The molecule has 0 saturated heterocycles. The van der Waals surface area contributed by atoms with Crippen LogP contribution in [0.1, 0.15) is 65.2 Å². The molecule has 3 rings (SSSR count). The number of carboxylic acids is 1. The second kappa shape index (κ2) is 8.66. The number of aliphatic carboxylic acids is 1. The molecule has 3 fully saturated rings. The van der Waals surface area contributed by atoms with Crippen molar-refractivity contribution in [3.8, 4) is 0 Å². The number of hydrogen-bond donors (Lipinski definition) is 2. The summed E-state index contributed by atoms with van der Waals surface area (Å²) in [4.78, 5) is 10.7. The molecular formula is C17H33NO2. The Kier molecular flexibility index (Phi) is 7.57. The summed E-state index contributed by atoms with van der Waals surface area (Å²) in [5, 5.41) is 8.83. The lowest BCUT2D eigenvalue weighted by Gasteiger charge is -2.39. The number of rotatable bonds is 4. The monoisotopic (exact) mass is 283 g/mol. The van der Waals surface area contributed by atoms with Crippen LogP contribution in [-0.2, 0) is 4.79 Å². The molecule has 3 aliphatic rings. The zero-order valence-corrected chi connectivity index (χ0v) is 13.5. The number of carbonyl (C=O) groups is 1. The maximum Gasteiger partial charge on any atom is 0.303 e. The van der Waals surface area contributed by atoms with Crippen molar-refractivity contribution in [1.29, 1.82) is 0 Å². The van der Waals surface area contributed by atoms with Crippen molar-refractivity contribution in [2.45, 2.75) is 65.2 Å². The standard InChI is InChI=1S/C14H22O2.C2H6.CH5N/c15-14(16)8-12-7-11-5-10(6-13(11)12)4-9-2-1-3-9;2*1-2/h9-13H,1-8H2,(H,15,16);1-2H3;2H2,1H3/t10-,11-,12-,13?;;/m1../s1. The summed E-state index contributed by atoms with van der Waals surface area (Å²) in [7, 11) is 1.50. The van der Waals surface area contributed by atoms with Crippen LogP contribution >= 0.6 is 0 Å². The Morgan fingerprint density at radius 3 is 2.25 bits per heavy atom. The molecule has 3 saturated carbocycles. The Morgan fingerprint density at radius 1 is 1.10 bits per heavy atom. The Hall–Kier alpha value is -0.570. The highest BCUT2D eigenvalue weighted by molar-refractivity contribution is 5.67. The summed E-state index contributed by atoms with van der Waals surface area (Å²) in [6.07, 6.45) is 10.2. The van der Waals surface area contributed by atoms with Gasteiger partial charge in [0.15, 0.2) is 0 Å². The van der Waals surface area contributed by atoms with Gasteiger partial charge in [-0.15, -0.1) is 0 Å². The first kappa shape index (κ1) is 17.5. The highest BCUT2D eigenvalue weighted by Gasteiger charge is 2.48. The van der Waals surface area contributed by atoms with Crippen LogP contribution in [0.15, 0.2) is 0 Å². The summed E-state index contributed by atoms with van der Waals surface area (Å²) in [5.41, 5.74) is 4.50. The van der Waals surface area contributed by atoms with E-state index in [1.807, 2.05) is 13.8 Å². The molecule has 0 radical (unpaired) electrons. The van der Waals surface area contributed by atoms with E-state index in [2.05, 4.69) is 5.73 Å². The molecule has 20 heavy (non-hydrogen) atoms. The minimum atomic E-state index is -0.592. The molecule has 0 amide bonds. The quantitative estimate of drug-likeness (QED) is 0.822. The van der Waals surface area contributed by atoms with Crippen molar-refractivity contribution in [3.05, 3.63) is 0 Å². The summed E-state index contributed by atoms with van der Waals surface area (Å²) in [5.74, 6) is 3.58. The van der Waals surface area contributed by atoms with Crippen LogP contribution in [0.25, 0.3) is 0 Å². The zero-order chi connectivity index (χ0) is 15.1. The van der Waals surface area contributed by atoms with Crippen LogP contribution in [0.3, 0.4) is 0 Å². The number of hydrogen-bond acceptors (Lipinski definition) is 2. The summed E-state index contributed by atoms with van der Waals surface area (Å²) >= 11 is 0. The van der Waals surface area contributed by atoms with Crippen LogP contribution in [0.5, 0.6) is 0 Å². The van der Waals surface area contributed by atoms with Gasteiger partial charge in [0.25, 0.3) is 0 Å². The molecule has 0 aromatic heterocycles. The number of fused-ring (bicyclic) bond motifs is 1. The largest absolute Gasteiger partial charge is 0.481 e. The van der Waals surface area contributed by atoms with Gasteiger partial charge in [-0.1, -0.05) is 33.1 Å². The van der Waals surface area contributed by atoms with E-state index in [0.717, 1.165) is 23.7 Å². The molecule has 0 aromatic rings. The van der Waals surface area contributed by atoms with E-state index in [-0.39, 0.29) is 0 Å². The molecule has 3 heteroatoms.